The summed E-state index contributed by atoms with van der Waals surface area (Å²) in [6.45, 7) is 0. The molecule has 2 heteroatoms. The second-order valence-electron chi connectivity index (χ2n) is 16.4. The van der Waals surface area contributed by atoms with Gasteiger partial charge >= 0.3 is 0 Å². The van der Waals surface area contributed by atoms with Gasteiger partial charge in [0.25, 0.3) is 0 Å². The molecule has 1 aromatic heterocycles. The van der Waals surface area contributed by atoms with Crippen LogP contribution in [0.15, 0.2) is 249 Å². The van der Waals surface area contributed by atoms with Gasteiger partial charge in [0.05, 0.1) is 11.4 Å². The van der Waals surface area contributed by atoms with Gasteiger partial charge in [-0.3, -0.25) is 0 Å². The fourth-order valence-corrected chi connectivity index (χ4v) is 10.9. The molecule has 11 aromatic carbocycles. The summed E-state index contributed by atoms with van der Waals surface area (Å²) in [6.07, 6.45) is 0. The minimum Gasteiger partial charge on any atom is -0.309 e. The number of benzene rings is 11. The Labute approximate surface area is 377 Å². The van der Waals surface area contributed by atoms with E-state index in [1.54, 1.807) is 0 Å². The van der Waals surface area contributed by atoms with E-state index in [1.165, 1.54) is 91.8 Å². The van der Waals surface area contributed by atoms with Gasteiger partial charge in [-0.2, -0.15) is 0 Å². The molecule has 1 heterocycles. The zero-order valence-electron chi connectivity index (χ0n) is 35.0. The molecule has 0 bridgehead atoms. The summed E-state index contributed by atoms with van der Waals surface area (Å²) < 4.78 is 2.55. The zero-order valence-corrected chi connectivity index (χ0v) is 35.8. The molecule has 12 aromatic rings. The zero-order chi connectivity index (χ0) is 42.4. The lowest BCUT2D eigenvalue weighted by Crippen LogP contribution is -2.13. The van der Waals surface area contributed by atoms with Crippen molar-refractivity contribution < 1.29 is 0 Å². The second-order valence-corrected chi connectivity index (χ2v) is 17.4. The van der Waals surface area contributed by atoms with E-state index in [2.05, 4.69) is 254 Å². The van der Waals surface area contributed by atoms with Crippen molar-refractivity contribution in [3.63, 3.8) is 0 Å². The van der Waals surface area contributed by atoms with Crippen LogP contribution in [0.3, 0.4) is 0 Å². The Morgan fingerprint density at radius 2 is 0.750 bits per heavy atom. The maximum absolute atomic E-state index is 2.53. The van der Waals surface area contributed by atoms with E-state index in [0.717, 1.165) is 22.6 Å². The number of fused-ring (bicyclic) bond motifs is 6. The summed E-state index contributed by atoms with van der Waals surface area (Å²) in [6, 6.07) is 91.1. The van der Waals surface area contributed by atoms with Crippen LogP contribution in [0.2, 0.25) is 0 Å². The van der Waals surface area contributed by atoms with Gasteiger partial charge in [-0.15, -0.1) is 11.3 Å². The van der Waals surface area contributed by atoms with Crippen molar-refractivity contribution in [2.24, 2.45) is 0 Å². The molecule has 1 nitrogen and oxygen atoms in total. The second kappa shape index (κ2) is 16.0. The van der Waals surface area contributed by atoms with Gasteiger partial charge in [0.15, 0.2) is 0 Å². The molecule has 64 heavy (non-hydrogen) atoms. The molecule has 300 valence electrons. The maximum atomic E-state index is 2.53. The molecule has 0 amide bonds. The van der Waals surface area contributed by atoms with Gasteiger partial charge in [-0.1, -0.05) is 212 Å². The summed E-state index contributed by atoms with van der Waals surface area (Å²) in [5.74, 6) is 0. The highest BCUT2D eigenvalue weighted by molar-refractivity contribution is 7.26. The molecule has 0 aliphatic rings. The lowest BCUT2D eigenvalue weighted by Gasteiger charge is -2.31. The van der Waals surface area contributed by atoms with Gasteiger partial charge in [-0.05, 0) is 102 Å². The van der Waals surface area contributed by atoms with Crippen LogP contribution < -0.4 is 4.90 Å². The SMILES string of the molecule is c1ccc(-c2cccc(-c3ccccc3)c2N(c2cccc(-c3ccc4c(c3)c(-c3ccccc3)c(-c3ccccc3)c3ccccc34)c2)c2cccc3sc4ccccc4c23)cc1. The minimum absolute atomic E-state index is 1.09. The van der Waals surface area contributed by atoms with Crippen LogP contribution in [0.1, 0.15) is 0 Å². The largest absolute Gasteiger partial charge is 0.309 e. The predicted octanol–water partition coefficient (Wildman–Crippen LogP) is 18.2. The standard InChI is InChI=1S/C62H41NS/c1-5-20-42(21-6-1)49-33-18-34-50(43-22-7-2-8-23-43)62(49)63(56-35-19-37-58-61(56)54-32-15-16-36-57(54)64-58)48-29-17-28-46(40-48)47-38-39-52-51-30-13-14-31-53(51)59(44-24-9-3-10-25-44)60(55(52)41-47)45-26-11-4-12-27-45/h1-41H. The van der Waals surface area contributed by atoms with Crippen molar-refractivity contribution in [2.75, 3.05) is 4.90 Å². The summed E-state index contributed by atoms with van der Waals surface area (Å²) >= 11 is 1.86. The van der Waals surface area contributed by atoms with E-state index in [1.807, 2.05) is 11.3 Å². The molecule has 0 fully saturated rings. The van der Waals surface area contributed by atoms with Crippen molar-refractivity contribution in [1.29, 1.82) is 0 Å². The Morgan fingerprint density at radius 3 is 1.41 bits per heavy atom. The normalized spacial score (nSPS) is 11.4. The first-order valence-corrected chi connectivity index (χ1v) is 22.7. The molecule has 0 radical (unpaired) electrons. The van der Waals surface area contributed by atoms with E-state index >= 15 is 0 Å². The van der Waals surface area contributed by atoms with Crippen LogP contribution in [-0.4, -0.2) is 0 Å². The van der Waals surface area contributed by atoms with Crippen LogP contribution in [0, 0.1) is 0 Å². The molecule has 0 unspecified atom stereocenters. The molecule has 0 spiro atoms. The summed E-state index contributed by atoms with van der Waals surface area (Å²) in [5, 5.41) is 7.52. The van der Waals surface area contributed by atoms with Crippen molar-refractivity contribution in [2.45, 2.75) is 0 Å². The van der Waals surface area contributed by atoms with Crippen molar-refractivity contribution in [3.8, 4) is 55.6 Å². The fourth-order valence-electron chi connectivity index (χ4n) is 9.82. The smallest absolute Gasteiger partial charge is 0.0618 e. The monoisotopic (exact) mass is 831 g/mol. The number of rotatable bonds is 8. The number of hydrogen-bond acceptors (Lipinski definition) is 2. The first-order valence-electron chi connectivity index (χ1n) is 21.9. The lowest BCUT2D eigenvalue weighted by atomic mass is 9.84. The molecular weight excluding hydrogens is 791 g/mol. The van der Waals surface area contributed by atoms with Gasteiger partial charge in [-0.25, -0.2) is 0 Å². The molecule has 12 rings (SSSR count). The predicted molar refractivity (Wildman–Crippen MR) is 276 cm³/mol. The molecule has 0 saturated carbocycles. The fraction of sp³-hybridized carbons (Fsp3) is 0. The Hall–Kier alpha value is -8.04. The van der Waals surface area contributed by atoms with Gasteiger partial charge < -0.3 is 4.90 Å². The summed E-state index contributed by atoms with van der Waals surface area (Å²) in [5.41, 5.74) is 15.3. The van der Waals surface area contributed by atoms with Crippen LogP contribution in [0.5, 0.6) is 0 Å². The highest BCUT2D eigenvalue weighted by atomic mass is 32.1. The number of nitrogens with zero attached hydrogens (tertiary/aromatic N) is 1. The third-order valence-corrected chi connectivity index (χ3v) is 13.8. The van der Waals surface area contributed by atoms with Crippen molar-refractivity contribution >= 4 is 70.1 Å². The van der Waals surface area contributed by atoms with Crippen LogP contribution >= 0.6 is 11.3 Å². The van der Waals surface area contributed by atoms with E-state index in [0.29, 0.717) is 0 Å². The number of hydrogen-bond donors (Lipinski definition) is 0. The van der Waals surface area contributed by atoms with Crippen LogP contribution in [0.4, 0.5) is 17.1 Å². The van der Waals surface area contributed by atoms with E-state index in [4.69, 9.17) is 0 Å². The van der Waals surface area contributed by atoms with Crippen molar-refractivity contribution in [3.05, 3.63) is 249 Å². The highest BCUT2D eigenvalue weighted by Crippen LogP contribution is 2.51. The number of thiophene rings is 1. The summed E-state index contributed by atoms with van der Waals surface area (Å²) in [7, 11) is 0. The Balaban J connectivity index is 1.14. The van der Waals surface area contributed by atoms with E-state index in [-0.39, 0.29) is 0 Å². The molecule has 0 aliphatic carbocycles. The first kappa shape index (κ1) is 37.7. The first-order chi connectivity index (χ1) is 31.8. The van der Waals surface area contributed by atoms with Gasteiger partial charge in [0, 0.05) is 37.0 Å². The highest BCUT2D eigenvalue weighted by Gasteiger charge is 2.25. The van der Waals surface area contributed by atoms with Gasteiger partial charge in [0.1, 0.15) is 0 Å². The Bertz CT molecular complexity index is 3590. The Kier molecular flexibility index (Phi) is 9.43. The van der Waals surface area contributed by atoms with Crippen LogP contribution in [-0.2, 0) is 0 Å². The van der Waals surface area contributed by atoms with E-state index in [9.17, 15) is 0 Å². The quantitative estimate of drug-likeness (QED) is 0.138. The molecule has 0 saturated heterocycles. The van der Waals surface area contributed by atoms with E-state index < -0.39 is 0 Å². The third kappa shape index (κ3) is 6.47. The molecule has 0 N–H and O–H groups in total. The number of anilines is 3. The maximum Gasteiger partial charge on any atom is 0.0618 e. The number of para-hydroxylation sites is 1. The Morgan fingerprint density at radius 1 is 0.281 bits per heavy atom. The molecular formula is C62H41NS. The average molecular weight is 832 g/mol. The topological polar surface area (TPSA) is 3.24 Å². The van der Waals surface area contributed by atoms with Crippen LogP contribution in [0.25, 0.3) is 97.4 Å². The average Bonchev–Trinajstić information content (AvgIpc) is 3.76. The lowest BCUT2D eigenvalue weighted by molar-refractivity contribution is 1.30. The third-order valence-electron chi connectivity index (χ3n) is 12.6. The minimum atomic E-state index is 1.09. The summed E-state index contributed by atoms with van der Waals surface area (Å²) in [4.78, 5) is 2.53. The molecule has 0 aliphatic heterocycles. The van der Waals surface area contributed by atoms with Crippen molar-refractivity contribution in [1.82, 2.24) is 0 Å². The van der Waals surface area contributed by atoms with Gasteiger partial charge in [0.2, 0.25) is 0 Å². The molecule has 0 atom stereocenters.